The Hall–Kier alpha value is -4.14. The number of hydrazine groups is 1. The van der Waals surface area contributed by atoms with Gasteiger partial charge in [-0.05, 0) is 49.1 Å². The first-order valence-corrected chi connectivity index (χ1v) is 12.0. The third kappa shape index (κ3) is 3.15. The summed E-state index contributed by atoms with van der Waals surface area (Å²) >= 11 is 0. The van der Waals surface area contributed by atoms with E-state index >= 15 is 0 Å². The van der Waals surface area contributed by atoms with Gasteiger partial charge < -0.3 is 0 Å². The topological polar surface area (TPSA) is 118 Å². The highest BCUT2D eigenvalue weighted by atomic mass is 16.6. The zero-order chi connectivity index (χ0) is 25.3. The molecule has 0 aromatic heterocycles. The molecule has 5 aliphatic rings. The molecule has 9 nitrogen and oxygen atoms in total. The molecule has 1 saturated heterocycles. The van der Waals surface area contributed by atoms with Crippen LogP contribution in [-0.4, -0.2) is 44.5 Å². The normalized spacial score (nSPS) is 30.0. The van der Waals surface area contributed by atoms with Gasteiger partial charge in [0.25, 0.3) is 23.4 Å². The molecule has 0 N–H and O–H groups in total. The second-order valence-electron chi connectivity index (χ2n) is 10.0. The second kappa shape index (κ2) is 7.94. The number of benzene rings is 2. The minimum Gasteiger partial charge on any atom is -0.292 e. The number of carbonyl (C=O) groups excluding carboxylic acids is 4. The van der Waals surface area contributed by atoms with Crippen molar-refractivity contribution in [1.29, 1.82) is 0 Å². The van der Waals surface area contributed by atoms with Crippen LogP contribution in [0.5, 0.6) is 0 Å². The highest BCUT2D eigenvalue weighted by molar-refractivity contribution is 6.11. The van der Waals surface area contributed by atoms with E-state index in [2.05, 4.69) is 0 Å². The third-order valence-corrected chi connectivity index (χ3v) is 8.19. The Morgan fingerprint density at radius 3 is 2.00 bits per heavy atom. The van der Waals surface area contributed by atoms with Gasteiger partial charge in [0.2, 0.25) is 0 Å². The third-order valence-electron chi connectivity index (χ3n) is 8.19. The van der Waals surface area contributed by atoms with Gasteiger partial charge in [0, 0.05) is 23.3 Å². The summed E-state index contributed by atoms with van der Waals surface area (Å²) in [6.45, 7) is 1.49. The van der Waals surface area contributed by atoms with Crippen molar-refractivity contribution in [3.8, 4) is 0 Å². The molecule has 0 spiro atoms. The van der Waals surface area contributed by atoms with E-state index in [4.69, 9.17) is 0 Å². The fourth-order valence-corrected chi connectivity index (χ4v) is 6.41. The van der Waals surface area contributed by atoms with Gasteiger partial charge in [-0.15, -0.1) is 0 Å². The Labute approximate surface area is 206 Å². The van der Waals surface area contributed by atoms with Crippen molar-refractivity contribution in [2.75, 3.05) is 0 Å². The van der Waals surface area contributed by atoms with Crippen LogP contribution in [-0.2, 0) is 9.59 Å². The van der Waals surface area contributed by atoms with Crippen LogP contribution in [0.25, 0.3) is 0 Å². The Morgan fingerprint density at radius 1 is 0.917 bits per heavy atom. The van der Waals surface area contributed by atoms with Crippen LogP contribution in [0.2, 0.25) is 0 Å². The van der Waals surface area contributed by atoms with E-state index in [0.717, 1.165) is 16.4 Å². The van der Waals surface area contributed by atoms with Crippen molar-refractivity contribution < 1.29 is 24.1 Å². The van der Waals surface area contributed by atoms with Crippen LogP contribution < -0.4 is 0 Å². The first kappa shape index (κ1) is 22.3. The molecule has 7 atom stereocenters. The maximum absolute atomic E-state index is 13.8. The summed E-state index contributed by atoms with van der Waals surface area (Å²) in [6.07, 6.45) is 5.08. The predicted molar refractivity (Wildman–Crippen MR) is 126 cm³/mol. The van der Waals surface area contributed by atoms with Crippen LogP contribution >= 0.6 is 0 Å². The SMILES string of the molecule is C[C@H](C(=O)c1ccccc1)N(C(=O)c1ccc([N+](=O)[O-])cc1)N1C(=O)[C@@H]2[C@H]3C=C[C@@H]([C@@H]4C[C@H]34)[C@@H]2C1=O. The summed E-state index contributed by atoms with van der Waals surface area (Å²) in [5.41, 5.74) is 0.173. The number of nitro benzene ring substituents is 1. The van der Waals surface area contributed by atoms with Gasteiger partial charge in [-0.25, -0.2) is 5.01 Å². The number of amides is 3. The molecule has 7 rings (SSSR count). The summed E-state index contributed by atoms with van der Waals surface area (Å²) in [6, 6.07) is 12.1. The van der Waals surface area contributed by atoms with E-state index in [1.54, 1.807) is 30.3 Å². The molecule has 9 heteroatoms. The van der Waals surface area contributed by atoms with Gasteiger partial charge in [0.15, 0.2) is 5.78 Å². The fourth-order valence-electron chi connectivity index (χ4n) is 6.41. The molecule has 36 heavy (non-hydrogen) atoms. The van der Waals surface area contributed by atoms with Crippen LogP contribution in [0.1, 0.15) is 34.1 Å². The van der Waals surface area contributed by atoms with Gasteiger partial charge in [-0.3, -0.25) is 29.3 Å². The summed E-state index contributed by atoms with van der Waals surface area (Å²) in [5, 5.41) is 12.9. The molecule has 2 aromatic carbocycles. The van der Waals surface area contributed by atoms with Gasteiger partial charge in [-0.1, -0.05) is 42.5 Å². The Morgan fingerprint density at radius 2 is 1.47 bits per heavy atom. The van der Waals surface area contributed by atoms with E-state index in [1.165, 1.54) is 31.2 Å². The van der Waals surface area contributed by atoms with Crippen LogP contribution in [0.3, 0.4) is 0 Å². The van der Waals surface area contributed by atoms with Crippen molar-refractivity contribution in [2.24, 2.45) is 35.5 Å². The second-order valence-corrected chi connectivity index (χ2v) is 10.0. The number of nitrogens with zero attached hydrogens (tertiary/aromatic N) is 3. The lowest BCUT2D eigenvalue weighted by molar-refractivity contribution is -0.384. The largest absolute Gasteiger partial charge is 0.292 e. The first-order chi connectivity index (χ1) is 17.3. The quantitative estimate of drug-likeness (QED) is 0.204. The molecule has 1 aliphatic heterocycles. The number of ketones is 1. The Kier molecular flexibility index (Phi) is 4.93. The minimum atomic E-state index is -1.16. The lowest BCUT2D eigenvalue weighted by Gasteiger charge is -2.37. The zero-order valence-electron chi connectivity index (χ0n) is 19.4. The first-order valence-electron chi connectivity index (χ1n) is 12.0. The lowest BCUT2D eigenvalue weighted by Crippen LogP contribution is -2.56. The molecule has 3 amide bonds. The number of allylic oxidation sites excluding steroid dienone is 2. The Balaban J connectivity index is 1.40. The number of hydrogen-bond acceptors (Lipinski definition) is 6. The van der Waals surface area contributed by atoms with Gasteiger partial charge in [0.1, 0.15) is 6.04 Å². The van der Waals surface area contributed by atoms with Gasteiger partial charge in [0.05, 0.1) is 16.8 Å². The summed E-state index contributed by atoms with van der Waals surface area (Å²) < 4.78 is 0. The van der Waals surface area contributed by atoms with E-state index in [9.17, 15) is 29.3 Å². The highest BCUT2D eigenvalue weighted by Gasteiger charge is 2.68. The molecule has 3 fully saturated rings. The monoisotopic (exact) mass is 485 g/mol. The van der Waals surface area contributed by atoms with E-state index in [1.807, 2.05) is 12.2 Å². The average molecular weight is 485 g/mol. The molecule has 2 aromatic rings. The lowest BCUT2D eigenvalue weighted by atomic mass is 9.63. The number of carbonyl (C=O) groups is 4. The summed E-state index contributed by atoms with van der Waals surface area (Å²) in [5.74, 6) is -2.47. The van der Waals surface area contributed by atoms with Crippen LogP contribution in [0, 0.1) is 45.6 Å². The number of Topliss-reactive ketones (excluding diaryl/α,β-unsaturated/α-hetero) is 1. The smallest absolute Gasteiger partial charge is 0.273 e. The van der Waals surface area contributed by atoms with Gasteiger partial charge in [-0.2, -0.15) is 5.01 Å². The highest BCUT2D eigenvalue weighted by Crippen LogP contribution is 2.65. The van der Waals surface area contributed by atoms with Crippen LogP contribution in [0.15, 0.2) is 66.7 Å². The number of imide groups is 1. The Bertz CT molecular complexity index is 1300. The summed E-state index contributed by atoms with van der Waals surface area (Å²) in [7, 11) is 0. The molecule has 4 aliphatic carbocycles. The van der Waals surface area contributed by atoms with Crippen molar-refractivity contribution in [2.45, 2.75) is 19.4 Å². The maximum atomic E-state index is 13.8. The van der Waals surface area contributed by atoms with E-state index < -0.39 is 46.3 Å². The molecule has 1 heterocycles. The molecular formula is C27H23N3O6. The van der Waals surface area contributed by atoms with Crippen molar-refractivity contribution in [3.05, 3.63) is 88.0 Å². The number of nitro groups is 1. The minimum absolute atomic E-state index is 0.0349. The van der Waals surface area contributed by atoms with Crippen molar-refractivity contribution >= 4 is 29.2 Å². The molecule has 0 unspecified atom stereocenters. The molecule has 2 saturated carbocycles. The van der Waals surface area contributed by atoms with Crippen molar-refractivity contribution in [1.82, 2.24) is 10.0 Å². The molecule has 0 radical (unpaired) electrons. The maximum Gasteiger partial charge on any atom is 0.273 e. The number of rotatable bonds is 6. The molecular weight excluding hydrogens is 462 g/mol. The van der Waals surface area contributed by atoms with Crippen molar-refractivity contribution in [3.63, 3.8) is 0 Å². The van der Waals surface area contributed by atoms with E-state index in [-0.39, 0.29) is 23.1 Å². The average Bonchev–Trinajstić information content (AvgIpc) is 3.68. The van der Waals surface area contributed by atoms with E-state index in [0.29, 0.717) is 17.4 Å². The van der Waals surface area contributed by atoms with Crippen LogP contribution in [0.4, 0.5) is 5.69 Å². The predicted octanol–water partition coefficient (Wildman–Crippen LogP) is 3.28. The van der Waals surface area contributed by atoms with Gasteiger partial charge >= 0.3 is 0 Å². The number of non-ortho nitro benzene ring substituents is 1. The molecule has 182 valence electrons. The fraction of sp³-hybridized carbons (Fsp3) is 0.333. The standard InChI is InChI=1S/C27H23N3O6/c1-14(24(31)15-5-3-2-4-6-15)28(25(32)16-7-9-17(10-8-16)30(35)36)29-26(33)22-18-11-12-19(21-13-20(18)21)23(22)27(29)34/h2-12,14,18-23H,13H2,1H3/t14-,18+,19+,20-,21+,22-,23+/m1/s1. The zero-order valence-corrected chi connectivity index (χ0v) is 19.4. The molecule has 2 bridgehead atoms. The summed E-state index contributed by atoms with van der Waals surface area (Å²) in [4.78, 5) is 65.2. The number of hydrogen-bond donors (Lipinski definition) is 0.